The number of hydrogen-bond acceptors (Lipinski definition) is 2. The number of benzene rings is 4. The van der Waals surface area contributed by atoms with Crippen LogP contribution in [-0.4, -0.2) is 35.6 Å². The number of carboxylic acid groups (broad SMARTS) is 1. The van der Waals surface area contributed by atoms with Gasteiger partial charge in [0.05, 0.1) is 5.41 Å². The highest BCUT2D eigenvalue weighted by molar-refractivity contribution is 5.81. The molecule has 0 atom stereocenters. The first kappa shape index (κ1) is 24.9. The van der Waals surface area contributed by atoms with Gasteiger partial charge in [-0.2, -0.15) is 0 Å². The van der Waals surface area contributed by atoms with E-state index < -0.39 is 11.4 Å². The van der Waals surface area contributed by atoms with E-state index in [1.54, 1.807) is 12.1 Å². The maximum atomic E-state index is 13.5. The van der Waals surface area contributed by atoms with Gasteiger partial charge in [-0.3, -0.25) is 4.79 Å². The van der Waals surface area contributed by atoms with E-state index in [0.717, 1.165) is 13.0 Å². The fourth-order valence-electron chi connectivity index (χ4n) is 5.98. The fourth-order valence-corrected chi connectivity index (χ4v) is 5.98. The van der Waals surface area contributed by atoms with Crippen LogP contribution in [-0.2, 0) is 15.6 Å². The Morgan fingerprint density at radius 1 is 0.730 bits per heavy atom. The number of hydrogen-bond donors (Lipinski definition) is 1. The predicted molar refractivity (Wildman–Crippen MR) is 145 cm³/mol. The van der Waals surface area contributed by atoms with Gasteiger partial charge in [0.15, 0.2) is 0 Å². The molecule has 0 unspecified atom stereocenters. The lowest BCUT2D eigenvalue weighted by Gasteiger charge is -2.42. The van der Waals surface area contributed by atoms with Crippen molar-refractivity contribution in [1.29, 1.82) is 0 Å². The Morgan fingerprint density at radius 2 is 1.16 bits per heavy atom. The summed E-state index contributed by atoms with van der Waals surface area (Å²) in [5.74, 6) is -1.17. The van der Waals surface area contributed by atoms with Crippen LogP contribution >= 0.6 is 0 Å². The summed E-state index contributed by atoms with van der Waals surface area (Å²) in [6.07, 6.45) is 1.87. The Labute approximate surface area is 218 Å². The van der Waals surface area contributed by atoms with Crippen molar-refractivity contribution in [2.75, 3.05) is 19.6 Å². The molecule has 1 N–H and O–H groups in total. The van der Waals surface area contributed by atoms with Gasteiger partial charge in [0.2, 0.25) is 0 Å². The molecule has 188 valence electrons. The van der Waals surface area contributed by atoms with Crippen LogP contribution < -0.4 is 0 Å². The second-order valence-electron chi connectivity index (χ2n) is 9.99. The van der Waals surface area contributed by atoms with Crippen LogP contribution in [0.3, 0.4) is 0 Å². The predicted octanol–water partition coefficient (Wildman–Crippen LogP) is 6.67. The summed E-state index contributed by atoms with van der Waals surface area (Å²) in [6, 6.07) is 38.0. The average molecular weight is 494 g/mol. The SMILES string of the molecule is O=C(O)C1(c2ccc(F)cc2)CCN(CCC(c2ccccc2)(c2ccccc2)c2ccccc2)CC1. The second-order valence-corrected chi connectivity index (χ2v) is 9.99. The number of nitrogens with zero attached hydrogens (tertiary/aromatic N) is 1. The number of halogens is 1. The zero-order valence-electron chi connectivity index (χ0n) is 20.9. The van der Waals surface area contributed by atoms with E-state index in [0.29, 0.717) is 31.5 Å². The van der Waals surface area contributed by atoms with Crippen LogP contribution in [0.5, 0.6) is 0 Å². The fraction of sp³-hybridized carbons (Fsp3) is 0.242. The minimum Gasteiger partial charge on any atom is -0.481 e. The van der Waals surface area contributed by atoms with E-state index >= 15 is 0 Å². The van der Waals surface area contributed by atoms with Gasteiger partial charge in [-0.05, 0) is 73.3 Å². The molecular formula is C33H32FNO2. The molecule has 0 radical (unpaired) electrons. The Morgan fingerprint density at radius 3 is 1.57 bits per heavy atom. The van der Waals surface area contributed by atoms with E-state index in [2.05, 4.69) is 95.9 Å². The highest BCUT2D eigenvalue weighted by atomic mass is 19.1. The summed E-state index contributed by atoms with van der Waals surface area (Å²) in [7, 11) is 0. The van der Waals surface area contributed by atoms with Crippen LogP contribution in [0.2, 0.25) is 0 Å². The highest BCUT2D eigenvalue weighted by Gasteiger charge is 2.44. The number of aliphatic carboxylic acids is 1. The van der Waals surface area contributed by atoms with Crippen molar-refractivity contribution in [1.82, 2.24) is 4.90 Å². The van der Waals surface area contributed by atoms with Crippen molar-refractivity contribution in [2.45, 2.75) is 30.1 Å². The normalized spacial score (nSPS) is 15.8. The smallest absolute Gasteiger partial charge is 0.314 e. The van der Waals surface area contributed by atoms with Crippen LogP contribution in [0.4, 0.5) is 4.39 Å². The van der Waals surface area contributed by atoms with Gasteiger partial charge in [-0.1, -0.05) is 103 Å². The zero-order valence-corrected chi connectivity index (χ0v) is 20.9. The standard InChI is InChI=1S/C33H32FNO2/c34-30-18-16-26(17-19-30)32(31(36)37)20-23-35(24-21-32)25-22-33(27-10-4-1-5-11-27,28-12-6-2-7-13-28)29-14-8-3-9-15-29/h1-19H,20-25H2,(H,36,37). The Kier molecular flexibility index (Phi) is 7.20. The Balaban J connectivity index is 1.44. The summed E-state index contributed by atoms with van der Waals surface area (Å²) < 4.78 is 13.5. The van der Waals surface area contributed by atoms with Crippen molar-refractivity contribution < 1.29 is 14.3 Å². The third kappa shape index (κ3) is 4.82. The second kappa shape index (κ2) is 10.7. The maximum absolute atomic E-state index is 13.5. The Hall–Kier alpha value is -3.76. The molecule has 0 spiro atoms. The van der Waals surface area contributed by atoms with Gasteiger partial charge in [-0.15, -0.1) is 0 Å². The van der Waals surface area contributed by atoms with Gasteiger partial charge in [-0.25, -0.2) is 4.39 Å². The van der Waals surface area contributed by atoms with Crippen molar-refractivity contribution in [2.24, 2.45) is 0 Å². The lowest BCUT2D eigenvalue weighted by atomic mass is 9.67. The summed E-state index contributed by atoms with van der Waals surface area (Å²) in [4.78, 5) is 14.8. The van der Waals surface area contributed by atoms with Crippen LogP contribution in [0.15, 0.2) is 115 Å². The molecule has 0 amide bonds. The maximum Gasteiger partial charge on any atom is 0.314 e. The summed E-state index contributed by atoms with van der Waals surface area (Å²) >= 11 is 0. The topological polar surface area (TPSA) is 40.5 Å². The minimum absolute atomic E-state index is 0.331. The van der Waals surface area contributed by atoms with Gasteiger partial charge >= 0.3 is 5.97 Å². The monoisotopic (exact) mass is 493 g/mol. The number of rotatable bonds is 8. The largest absolute Gasteiger partial charge is 0.481 e. The zero-order chi connectivity index (χ0) is 25.7. The lowest BCUT2D eigenvalue weighted by Crippen LogP contribution is -2.48. The first-order valence-electron chi connectivity index (χ1n) is 12.9. The van der Waals surface area contributed by atoms with E-state index in [1.807, 2.05) is 0 Å². The molecule has 1 saturated heterocycles. The molecule has 4 aromatic rings. The average Bonchev–Trinajstić information content (AvgIpc) is 2.96. The lowest BCUT2D eigenvalue weighted by molar-refractivity contribution is -0.146. The van der Waals surface area contributed by atoms with E-state index in [4.69, 9.17) is 0 Å². The third-order valence-corrected chi connectivity index (χ3v) is 8.12. The van der Waals surface area contributed by atoms with E-state index in [-0.39, 0.29) is 11.2 Å². The van der Waals surface area contributed by atoms with Crippen molar-refractivity contribution >= 4 is 5.97 Å². The minimum atomic E-state index is -0.973. The Bertz CT molecular complexity index is 1200. The molecular weight excluding hydrogens is 461 g/mol. The molecule has 0 aliphatic carbocycles. The van der Waals surface area contributed by atoms with E-state index in [1.165, 1.54) is 28.8 Å². The van der Waals surface area contributed by atoms with Gasteiger partial charge in [0.25, 0.3) is 0 Å². The third-order valence-electron chi connectivity index (χ3n) is 8.12. The molecule has 1 heterocycles. The molecule has 3 nitrogen and oxygen atoms in total. The molecule has 0 saturated carbocycles. The van der Waals surface area contributed by atoms with Crippen molar-refractivity contribution in [3.63, 3.8) is 0 Å². The van der Waals surface area contributed by atoms with E-state index in [9.17, 15) is 14.3 Å². The summed E-state index contributed by atoms with van der Waals surface area (Å²) in [5, 5.41) is 10.2. The van der Waals surface area contributed by atoms with Gasteiger partial charge in [0, 0.05) is 5.41 Å². The molecule has 4 heteroatoms. The summed E-state index contributed by atoms with van der Waals surface area (Å²) in [5.41, 5.74) is 3.12. The quantitative estimate of drug-likeness (QED) is 0.279. The molecule has 4 aromatic carbocycles. The van der Waals surface area contributed by atoms with Gasteiger partial charge in [0.1, 0.15) is 5.82 Å². The molecule has 1 aliphatic heterocycles. The number of carbonyl (C=O) groups is 1. The number of piperidine rings is 1. The number of carboxylic acids is 1. The van der Waals surface area contributed by atoms with Crippen LogP contribution in [0.1, 0.15) is 41.5 Å². The van der Waals surface area contributed by atoms with Crippen LogP contribution in [0.25, 0.3) is 0 Å². The molecule has 0 aromatic heterocycles. The molecule has 1 fully saturated rings. The molecule has 1 aliphatic rings. The van der Waals surface area contributed by atoms with Crippen molar-refractivity contribution in [3.05, 3.63) is 143 Å². The van der Waals surface area contributed by atoms with Crippen molar-refractivity contribution in [3.8, 4) is 0 Å². The first-order valence-corrected chi connectivity index (χ1v) is 12.9. The molecule has 0 bridgehead atoms. The summed E-state index contributed by atoms with van der Waals surface area (Å²) in [6.45, 7) is 2.19. The molecule has 37 heavy (non-hydrogen) atoms. The van der Waals surface area contributed by atoms with Crippen LogP contribution in [0, 0.1) is 5.82 Å². The highest BCUT2D eigenvalue weighted by Crippen LogP contribution is 2.43. The first-order chi connectivity index (χ1) is 18.0. The number of likely N-dealkylation sites (tertiary alicyclic amines) is 1. The van der Waals surface area contributed by atoms with Gasteiger partial charge < -0.3 is 10.0 Å². The molecule has 5 rings (SSSR count).